The number of nitrogens with two attached hydrogens (primary N) is 1. The summed E-state index contributed by atoms with van der Waals surface area (Å²) in [7, 11) is 2.00. The number of hydrogen-bond acceptors (Lipinski definition) is 3. The third-order valence-electron chi connectivity index (χ3n) is 2.86. The zero-order valence-electron chi connectivity index (χ0n) is 9.36. The molecule has 0 spiro atoms. The van der Waals surface area contributed by atoms with E-state index in [4.69, 9.17) is 5.73 Å². The van der Waals surface area contributed by atoms with Crippen molar-refractivity contribution in [3.05, 3.63) is 0 Å². The molecule has 0 saturated carbocycles. The summed E-state index contributed by atoms with van der Waals surface area (Å²) in [5, 5.41) is 0. The SMILES string of the molecule is CC(C)N1CC(CCN)N(C)CC1=O. The second-order valence-corrected chi connectivity index (χ2v) is 4.29. The van der Waals surface area contributed by atoms with Crippen molar-refractivity contribution >= 4 is 5.91 Å². The smallest absolute Gasteiger partial charge is 0.237 e. The van der Waals surface area contributed by atoms with Gasteiger partial charge in [0.1, 0.15) is 0 Å². The topological polar surface area (TPSA) is 49.6 Å². The van der Waals surface area contributed by atoms with Crippen LogP contribution in [0.1, 0.15) is 20.3 Å². The first-order valence-corrected chi connectivity index (χ1v) is 5.26. The molecule has 1 saturated heterocycles. The highest BCUT2D eigenvalue weighted by molar-refractivity contribution is 5.79. The van der Waals surface area contributed by atoms with Crippen LogP contribution in [-0.4, -0.2) is 54.5 Å². The summed E-state index contributed by atoms with van der Waals surface area (Å²) in [5.74, 6) is 0.232. The number of carbonyl (C=O) groups is 1. The second-order valence-electron chi connectivity index (χ2n) is 4.29. The highest BCUT2D eigenvalue weighted by atomic mass is 16.2. The largest absolute Gasteiger partial charge is 0.338 e. The predicted molar refractivity (Wildman–Crippen MR) is 56.9 cm³/mol. The predicted octanol–water partition coefficient (Wildman–Crippen LogP) is -0.114. The molecule has 1 unspecified atom stereocenters. The minimum Gasteiger partial charge on any atom is -0.338 e. The van der Waals surface area contributed by atoms with Crippen LogP contribution in [0.5, 0.6) is 0 Å². The van der Waals surface area contributed by atoms with Crippen molar-refractivity contribution in [2.24, 2.45) is 5.73 Å². The summed E-state index contributed by atoms with van der Waals surface area (Å²) >= 11 is 0. The van der Waals surface area contributed by atoms with Gasteiger partial charge in [-0.25, -0.2) is 0 Å². The van der Waals surface area contributed by atoms with E-state index in [0.717, 1.165) is 13.0 Å². The maximum absolute atomic E-state index is 11.6. The number of nitrogens with zero attached hydrogens (tertiary/aromatic N) is 2. The molecule has 1 aliphatic rings. The Bertz CT molecular complexity index is 206. The molecule has 1 aliphatic heterocycles. The van der Waals surface area contributed by atoms with Gasteiger partial charge in [-0.05, 0) is 33.9 Å². The maximum atomic E-state index is 11.6. The van der Waals surface area contributed by atoms with Gasteiger partial charge in [-0.15, -0.1) is 0 Å². The molecule has 0 aliphatic carbocycles. The fraction of sp³-hybridized carbons (Fsp3) is 0.900. The van der Waals surface area contributed by atoms with Gasteiger partial charge in [0.25, 0.3) is 0 Å². The first-order chi connectivity index (χ1) is 6.56. The third kappa shape index (κ3) is 2.45. The number of amides is 1. The Kier molecular flexibility index (Phi) is 3.89. The molecule has 4 nitrogen and oxygen atoms in total. The van der Waals surface area contributed by atoms with E-state index < -0.39 is 0 Å². The first kappa shape index (κ1) is 11.5. The third-order valence-corrected chi connectivity index (χ3v) is 2.86. The second kappa shape index (κ2) is 4.75. The summed E-state index contributed by atoms with van der Waals surface area (Å²) in [6, 6.07) is 0.733. The van der Waals surface area contributed by atoms with E-state index in [0.29, 0.717) is 25.2 Å². The zero-order valence-corrected chi connectivity index (χ0v) is 9.36. The normalized spacial score (nSPS) is 24.8. The van der Waals surface area contributed by atoms with Gasteiger partial charge in [-0.2, -0.15) is 0 Å². The molecular weight excluding hydrogens is 178 g/mol. The van der Waals surface area contributed by atoms with Crippen LogP contribution >= 0.6 is 0 Å². The van der Waals surface area contributed by atoms with Crippen LogP contribution in [-0.2, 0) is 4.79 Å². The van der Waals surface area contributed by atoms with Gasteiger partial charge < -0.3 is 10.6 Å². The Hall–Kier alpha value is -0.610. The number of hydrogen-bond donors (Lipinski definition) is 1. The van der Waals surface area contributed by atoms with E-state index in [1.165, 1.54) is 0 Å². The minimum atomic E-state index is 0.232. The molecule has 4 heteroatoms. The molecule has 0 aromatic rings. The van der Waals surface area contributed by atoms with E-state index in [2.05, 4.69) is 18.7 Å². The first-order valence-electron chi connectivity index (χ1n) is 5.26. The summed E-state index contributed by atoms with van der Waals surface area (Å²) in [6.07, 6.45) is 0.965. The number of likely N-dealkylation sites (N-methyl/N-ethyl adjacent to an activating group) is 1. The molecule has 0 radical (unpaired) electrons. The van der Waals surface area contributed by atoms with Gasteiger partial charge in [0, 0.05) is 18.6 Å². The molecule has 2 N–H and O–H groups in total. The Labute approximate surface area is 86.0 Å². The molecule has 0 aromatic carbocycles. The molecule has 1 atom stereocenters. The lowest BCUT2D eigenvalue weighted by Gasteiger charge is -2.41. The molecular formula is C10H21N3O. The van der Waals surface area contributed by atoms with Crippen LogP contribution in [0.15, 0.2) is 0 Å². The lowest BCUT2D eigenvalue weighted by molar-refractivity contribution is -0.139. The quantitative estimate of drug-likeness (QED) is 0.690. The van der Waals surface area contributed by atoms with Crippen LogP contribution in [0.2, 0.25) is 0 Å². The molecule has 1 amide bonds. The average molecular weight is 199 g/mol. The highest BCUT2D eigenvalue weighted by Gasteiger charge is 2.30. The van der Waals surface area contributed by atoms with Crippen LogP contribution in [0.25, 0.3) is 0 Å². The Morgan fingerprint density at radius 2 is 2.21 bits per heavy atom. The van der Waals surface area contributed by atoms with Gasteiger partial charge in [-0.3, -0.25) is 9.69 Å². The van der Waals surface area contributed by atoms with Crippen LogP contribution in [0.4, 0.5) is 0 Å². The van der Waals surface area contributed by atoms with Crippen molar-refractivity contribution in [1.29, 1.82) is 0 Å². The van der Waals surface area contributed by atoms with Crippen molar-refractivity contribution in [3.63, 3.8) is 0 Å². The summed E-state index contributed by atoms with van der Waals surface area (Å²) in [6.45, 7) is 6.16. The average Bonchev–Trinajstić information content (AvgIpc) is 2.09. The van der Waals surface area contributed by atoms with Crippen molar-refractivity contribution in [3.8, 4) is 0 Å². The summed E-state index contributed by atoms with van der Waals surface area (Å²) in [5.41, 5.74) is 5.55. The van der Waals surface area contributed by atoms with Gasteiger partial charge in [0.05, 0.1) is 6.54 Å². The number of piperazine rings is 1. The summed E-state index contributed by atoms with van der Waals surface area (Å²) < 4.78 is 0. The van der Waals surface area contributed by atoms with Gasteiger partial charge in [0.15, 0.2) is 0 Å². The molecule has 1 heterocycles. The zero-order chi connectivity index (χ0) is 10.7. The van der Waals surface area contributed by atoms with Crippen molar-refractivity contribution < 1.29 is 4.79 Å². The van der Waals surface area contributed by atoms with Gasteiger partial charge >= 0.3 is 0 Å². The Morgan fingerprint density at radius 1 is 1.57 bits per heavy atom. The van der Waals surface area contributed by atoms with Crippen LogP contribution in [0.3, 0.4) is 0 Å². The Balaban J connectivity index is 2.60. The van der Waals surface area contributed by atoms with E-state index in [1.54, 1.807) is 0 Å². The fourth-order valence-corrected chi connectivity index (χ4v) is 1.90. The van der Waals surface area contributed by atoms with Gasteiger partial charge in [0.2, 0.25) is 5.91 Å². The lowest BCUT2D eigenvalue weighted by Crippen LogP contribution is -2.56. The summed E-state index contributed by atoms with van der Waals surface area (Å²) in [4.78, 5) is 15.7. The highest BCUT2D eigenvalue weighted by Crippen LogP contribution is 2.13. The van der Waals surface area contributed by atoms with Crippen molar-refractivity contribution in [1.82, 2.24) is 9.80 Å². The molecule has 14 heavy (non-hydrogen) atoms. The monoisotopic (exact) mass is 199 g/mol. The van der Waals surface area contributed by atoms with E-state index >= 15 is 0 Å². The Morgan fingerprint density at radius 3 is 2.71 bits per heavy atom. The molecule has 82 valence electrons. The van der Waals surface area contributed by atoms with Gasteiger partial charge in [-0.1, -0.05) is 0 Å². The van der Waals surface area contributed by atoms with Crippen molar-refractivity contribution in [2.45, 2.75) is 32.4 Å². The van der Waals surface area contributed by atoms with Crippen molar-refractivity contribution in [2.75, 3.05) is 26.7 Å². The maximum Gasteiger partial charge on any atom is 0.237 e. The molecule has 1 fully saturated rings. The minimum absolute atomic E-state index is 0.232. The number of carbonyl (C=O) groups excluding carboxylic acids is 1. The van der Waals surface area contributed by atoms with Crippen LogP contribution in [0, 0.1) is 0 Å². The van der Waals surface area contributed by atoms with E-state index in [-0.39, 0.29) is 5.91 Å². The van der Waals surface area contributed by atoms with Crippen LogP contribution < -0.4 is 5.73 Å². The molecule has 1 rings (SSSR count). The standard InChI is InChI=1S/C10H21N3O/c1-8(2)13-6-9(4-5-11)12(3)7-10(13)14/h8-9H,4-7,11H2,1-3H3. The molecule has 0 bridgehead atoms. The fourth-order valence-electron chi connectivity index (χ4n) is 1.90. The molecule has 0 aromatic heterocycles. The number of rotatable bonds is 3. The van der Waals surface area contributed by atoms with E-state index in [1.807, 2.05) is 11.9 Å². The lowest BCUT2D eigenvalue weighted by atomic mass is 10.1. The van der Waals surface area contributed by atoms with E-state index in [9.17, 15) is 4.79 Å².